The third-order valence-corrected chi connectivity index (χ3v) is 4.10. The minimum Gasteiger partial charge on any atom is -0.481 e. The lowest BCUT2D eigenvalue weighted by Gasteiger charge is -2.41. The van der Waals surface area contributed by atoms with Crippen molar-refractivity contribution in [2.75, 3.05) is 0 Å². The first-order chi connectivity index (χ1) is 10.2. The monoisotopic (exact) mass is 302 g/mol. The summed E-state index contributed by atoms with van der Waals surface area (Å²) in [5.41, 5.74) is 1.30. The second-order valence-electron chi connectivity index (χ2n) is 6.54. The van der Waals surface area contributed by atoms with Crippen LogP contribution in [0.1, 0.15) is 51.8 Å². The number of fused-ring (bicyclic) bond motifs is 1. The van der Waals surface area contributed by atoms with Crippen molar-refractivity contribution >= 4 is 17.6 Å². The average molecular weight is 302 g/mol. The molecule has 0 fully saturated rings. The molecule has 0 saturated heterocycles. The van der Waals surface area contributed by atoms with Crippen molar-refractivity contribution in [1.82, 2.24) is 5.01 Å². The number of benzene rings is 1. The SMILES string of the molecule is CC1=NN(C(=O)C(C)C)C(C(C)(C)C(=O)O)c2ccccc21. The fourth-order valence-corrected chi connectivity index (χ4v) is 2.72. The molecule has 1 atom stereocenters. The van der Waals surface area contributed by atoms with Crippen LogP contribution >= 0.6 is 0 Å². The zero-order valence-electron chi connectivity index (χ0n) is 13.6. The van der Waals surface area contributed by atoms with E-state index in [1.54, 1.807) is 27.7 Å². The molecule has 0 aliphatic carbocycles. The maximum absolute atomic E-state index is 12.6. The number of carboxylic acid groups (broad SMARTS) is 1. The van der Waals surface area contributed by atoms with E-state index in [1.165, 1.54) is 5.01 Å². The van der Waals surface area contributed by atoms with Gasteiger partial charge in [-0.25, -0.2) is 5.01 Å². The molecule has 0 spiro atoms. The van der Waals surface area contributed by atoms with E-state index in [2.05, 4.69) is 5.10 Å². The van der Waals surface area contributed by atoms with E-state index < -0.39 is 17.4 Å². The topological polar surface area (TPSA) is 70.0 Å². The predicted molar refractivity (Wildman–Crippen MR) is 84.5 cm³/mol. The summed E-state index contributed by atoms with van der Waals surface area (Å²) < 4.78 is 0. The standard InChI is InChI=1S/C17H22N2O3/c1-10(2)15(20)19-14(17(4,5)16(21)22)13-9-7-6-8-12(13)11(3)18-19/h6-10,14H,1-5H3,(H,21,22). The minimum absolute atomic E-state index is 0.173. The Morgan fingerprint density at radius 2 is 1.86 bits per heavy atom. The molecule has 1 aliphatic rings. The van der Waals surface area contributed by atoms with Crippen LogP contribution in [0.25, 0.3) is 0 Å². The maximum Gasteiger partial charge on any atom is 0.311 e. The lowest BCUT2D eigenvalue weighted by Crippen LogP contribution is -2.47. The van der Waals surface area contributed by atoms with Gasteiger partial charge in [-0.05, 0) is 26.3 Å². The number of carboxylic acids is 1. The Morgan fingerprint density at radius 1 is 1.27 bits per heavy atom. The molecular weight excluding hydrogens is 280 g/mol. The highest BCUT2D eigenvalue weighted by atomic mass is 16.4. The van der Waals surface area contributed by atoms with E-state index in [1.807, 2.05) is 31.2 Å². The quantitative estimate of drug-likeness (QED) is 0.933. The molecule has 22 heavy (non-hydrogen) atoms. The van der Waals surface area contributed by atoms with Crippen molar-refractivity contribution in [3.05, 3.63) is 35.4 Å². The predicted octanol–water partition coefficient (Wildman–Crippen LogP) is 3.06. The number of hydrogen-bond donors (Lipinski definition) is 1. The Labute approximate surface area is 130 Å². The van der Waals surface area contributed by atoms with Gasteiger partial charge in [0.25, 0.3) is 0 Å². The first-order valence-corrected chi connectivity index (χ1v) is 7.39. The van der Waals surface area contributed by atoms with Crippen molar-refractivity contribution in [1.29, 1.82) is 0 Å². The molecule has 0 radical (unpaired) electrons. The molecule has 118 valence electrons. The molecule has 1 N–H and O–H groups in total. The van der Waals surface area contributed by atoms with Gasteiger partial charge in [0, 0.05) is 11.5 Å². The van der Waals surface area contributed by atoms with Crippen molar-refractivity contribution in [3.63, 3.8) is 0 Å². The molecule has 5 nitrogen and oxygen atoms in total. The van der Waals surface area contributed by atoms with Crippen LogP contribution < -0.4 is 0 Å². The maximum atomic E-state index is 12.6. The number of nitrogens with zero attached hydrogens (tertiary/aromatic N) is 2. The largest absolute Gasteiger partial charge is 0.481 e. The number of hydrogen-bond acceptors (Lipinski definition) is 3. The van der Waals surface area contributed by atoms with Crippen LogP contribution in [0.4, 0.5) is 0 Å². The van der Waals surface area contributed by atoms with Gasteiger partial charge < -0.3 is 5.11 Å². The van der Waals surface area contributed by atoms with Gasteiger partial charge in [0.05, 0.1) is 17.2 Å². The summed E-state index contributed by atoms with van der Waals surface area (Å²) in [5, 5.41) is 15.4. The summed E-state index contributed by atoms with van der Waals surface area (Å²) in [6.45, 7) is 8.68. The van der Waals surface area contributed by atoms with Crippen molar-refractivity contribution < 1.29 is 14.7 Å². The number of hydrazone groups is 1. The van der Waals surface area contributed by atoms with Gasteiger partial charge in [0.2, 0.25) is 5.91 Å². The van der Waals surface area contributed by atoms with E-state index in [0.29, 0.717) is 0 Å². The van der Waals surface area contributed by atoms with Gasteiger partial charge in [-0.2, -0.15) is 5.10 Å². The lowest BCUT2D eigenvalue weighted by molar-refractivity contribution is -0.155. The van der Waals surface area contributed by atoms with E-state index >= 15 is 0 Å². The number of carbonyl (C=O) groups excluding carboxylic acids is 1. The molecule has 0 aromatic heterocycles. The first kappa shape index (κ1) is 16.2. The summed E-state index contributed by atoms with van der Waals surface area (Å²) in [7, 11) is 0. The lowest BCUT2D eigenvalue weighted by atomic mass is 9.77. The van der Waals surface area contributed by atoms with Crippen molar-refractivity contribution in [2.24, 2.45) is 16.4 Å². The summed E-state index contributed by atoms with van der Waals surface area (Å²) >= 11 is 0. The van der Waals surface area contributed by atoms with Crippen molar-refractivity contribution in [2.45, 2.75) is 40.7 Å². The van der Waals surface area contributed by atoms with Crippen LogP contribution in [-0.2, 0) is 9.59 Å². The van der Waals surface area contributed by atoms with Crippen LogP contribution in [0.2, 0.25) is 0 Å². The van der Waals surface area contributed by atoms with Gasteiger partial charge in [-0.15, -0.1) is 0 Å². The number of carbonyl (C=O) groups is 2. The van der Waals surface area contributed by atoms with Gasteiger partial charge >= 0.3 is 5.97 Å². The normalized spacial score (nSPS) is 18.0. The van der Waals surface area contributed by atoms with Gasteiger partial charge in [0.15, 0.2) is 0 Å². The fourth-order valence-electron chi connectivity index (χ4n) is 2.72. The van der Waals surface area contributed by atoms with E-state index in [9.17, 15) is 14.7 Å². The molecule has 1 unspecified atom stereocenters. The smallest absolute Gasteiger partial charge is 0.311 e. The molecule has 1 aromatic carbocycles. The molecule has 0 bridgehead atoms. The Morgan fingerprint density at radius 3 is 2.41 bits per heavy atom. The van der Waals surface area contributed by atoms with E-state index in [4.69, 9.17) is 0 Å². The third-order valence-electron chi connectivity index (χ3n) is 4.10. The summed E-state index contributed by atoms with van der Waals surface area (Å²) in [6, 6.07) is 6.92. The fraction of sp³-hybridized carbons (Fsp3) is 0.471. The Kier molecular flexibility index (Phi) is 4.09. The summed E-state index contributed by atoms with van der Waals surface area (Å²) in [4.78, 5) is 24.3. The molecular formula is C17H22N2O3. The van der Waals surface area contributed by atoms with E-state index in [0.717, 1.165) is 16.8 Å². The van der Waals surface area contributed by atoms with Crippen LogP contribution in [-0.4, -0.2) is 27.7 Å². The molecule has 5 heteroatoms. The molecule has 2 rings (SSSR count). The molecule has 1 amide bonds. The first-order valence-electron chi connectivity index (χ1n) is 7.39. The highest BCUT2D eigenvalue weighted by Crippen LogP contribution is 2.43. The van der Waals surface area contributed by atoms with Crippen LogP contribution in [0.3, 0.4) is 0 Å². The number of aliphatic carboxylic acids is 1. The number of amides is 1. The molecule has 1 aromatic rings. The second-order valence-corrected chi connectivity index (χ2v) is 6.54. The Hall–Kier alpha value is -2.17. The van der Waals surface area contributed by atoms with Crippen molar-refractivity contribution in [3.8, 4) is 0 Å². The summed E-state index contributed by atoms with van der Waals surface area (Å²) in [6.07, 6.45) is 0. The zero-order valence-corrected chi connectivity index (χ0v) is 13.6. The summed E-state index contributed by atoms with van der Waals surface area (Å²) in [5.74, 6) is -1.38. The third kappa shape index (κ3) is 2.51. The van der Waals surface area contributed by atoms with E-state index in [-0.39, 0.29) is 11.8 Å². The van der Waals surface area contributed by atoms with Gasteiger partial charge in [-0.1, -0.05) is 38.1 Å². The average Bonchev–Trinajstić information content (AvgIpc) is 2.45. The molecule has 1 heterocycles. The Balaban J connectivity index is 2.67. The second kappa shape index (κ2) is 5.55. The molecule has 0 saturated carbocycles. The Bertz CT molecular complexity index is 647. The highest BCUT2D eigenvalue weighted by Gasteiger charge is 2.46. The number of rotatable bonds is 3. The van der Waals surface area contributed by atoms with Crippen LogP contribution in [0.5, 0.6) is 0 Å². The minimum atomic E-state index is -1.15. The zero-order chi connectivity index (χ0) is 16.7. The highest BCUT2D eigenvalue weighted by molar-refractivity contribution is 6.02. The van der Waals surface area contributed by atoms with Gasteiger partial charge in [0.1, 0.15) is 0 Å². The van der Waals surface area contributed by atoms with Crippen LogP contribution in [0, 0.1) is 11.3 Å². The van der Waals surface area contributed by atoms with Gasteiger partial charge in [-0.3, -0.25) is 9.59 Å². The molecule has 1 aliphatic heterocycles. The van der Waals surface area contributed by atoms with Crippen LogP contribution in [0.15, 0.2) is 29.4 Å².